The molecule has 0 atom stereocenters. The fourth-order valence-electron chi connectivity index (χ4n) is 4.49. The second-order valence-electron chi connectivity index (χ2n) is 8.37. The largest absolute Gasteiger partial charge is 0.371 e. The number of hydrogen-bond acceptors (Lipinski definition) is 6. The smallest absolute Gasteiger partial charge is 0.335 e. The Morgan fingerprint density at radius 1 is 1.23 bits per heavy atom. The molecule has 176 valence electrons. The van der Waals surface area contributed by atoms with E-state index in [2.05, 4.69) is 21.2 Å². The summed E-state index contributed by atoms with van der Waals surface area (Å²) in [5, 5.41) is 13.9. The second-order valence-corrected chi connectivity index (χ2v) is 9.21. The Bertz CT molecular complexity index is 1510. The molecule has 0 aliphatic carbocycles. The summed E-state index contributed by atoms with van der Waals surface area (Å²) < 4.78 is 17.2. The molecule has 5 rings (SSSR count). The van der Waals surface area contributed by atoms with Gasteiger partial charge in [-0.25, -0.2) is 24.0 Å². The van der Waals surface area contributed by atoms with E-state index in [4.69, 9.17) is 5.26 Å². The Kier molecular flexibility index (Phi) is 6.13. The van der Waals surface area contributed by atoms with Crippen LogP contribution in [0.25, 0.3) is 16.2 Å². The SMILES string of the molecule is CCn1c(=O)n(-c2nc(C(=O)Nc3cc(F)ccc3N3CCB(C#N)CC3)cs2)c2ccccc21. The topological polar surface area (TPSA) is 95.9 Å². The zero-order valence-electron chi connectivity index (χ0n) is 19.1. The van der Waals surface area contributed by atoms with E-state index in [1.165, 1.54) is 28.0 Å². The quantitative estimate of drug-likeness (QED) is 0.428. The maximum Gasteiger partial charge on any atom is 0.335 e. The van der Waals surface area contributed by atoms with Gasteiger partial charge >= 0.3 is 5.69 Å². The summed E-state index contributed by atoms with van der Waals surface area (Å²) in [6.45, 7) is 3.73. The highest BCUT2D eigenvalue weighted by Crippen LogP contribution is 2.30. The molecule has 2 aromatic carbocycles. The Morgan fingerprint density at radius 3 is 2.69 bits per heavy atom. The number of nitrogens with one attached hydrogen (secondary N) is 1. The van der Waals surface area contributed by atoms with Crippen LogP contribution in [-0.4, -0.2) is 39.8 Å². The molecule has 1 aliphatic heterocycles. The summed E-state index contributed by atoms with van der Waals surface area (Å²) in [4.78, 5) is 32.6. The molecule has 4 aromatic rings. The number of thiazole rings is 1. The summed E-state index contributed by atoms with van der Waals surface area (Å²) in [7, 11) is 0. The van der Waals surface area contributed by atoms with Crippen molar-refractivity contribution >= 4 is 46.4 Å². The predicted molar refractivity (Wildman–Crippen MR) is 136 cm³/mol. The molecule has 0 saturated carbocycles. The molecule has 0 spiro atoms. The highest BCUT2D eigenvalue weighted by Gasteiger charge is 2.25. The number of aromatic nitrogens is 3. The van der Waals surface area contributed by atoms with Gasteiger partial charge < -0.3 is 10.2 Å². The van der Waals surface area contributed by atoms with Gasteiger partial charge in [0, 0.05) is 31.0 Å². The van der Waals surface area contributed by atoms with Gasteiger partial charge in [0.2, 0.25) is 0 Å². The molecular formula is C24H22BFN6O2S. The molecule has 1 amide bonds. The number of para-hydroxylation sites is 2. The van der Waals surface area contributed by atoms with Gasteiger partial charge in [0.05, 0.1) is 22.4 Å². The van der Waals surface area contributed by atoms with Crippen molar-refractivity contribution in [1.82, 2.24) is 14.1 Å². The number of hydrogen-bond donors (Lipinski definition) is 1. The average molecular weight is 488 g/mol. The van der Waals surface area contributed by atoms with Crippen LogP contribution in [0.15, 0.2) is 52.6 Å². The van der Waals surface area contributed by atoms with Gasteiger partial charge in [-0.1, -0.05) is 12.1 Å². The molecule has 1 N–H and O–H groups in total. The lowest BCUT2D eigenvalue weighted by Crippen LogP contribution is -2.37. The number of imidazole rings is 1. The number of amides is 1. The number of rotatable bonds is 5. The van der Waals surface area contributed by atoms with E-state index in [9.17, 15) is 14.0 Å². The second kappa shape index (κ2) is 9.39. The van der Waals surface area contributed by atoms with Crippen molar-refractivity contribution < 1.29 is 9.18 Å². The van der Waals surface area contributed by atoms with Crippen LogP contribution in [0, 0.1) is 17.0 Å². The van der Waals surface area contributed by atoms with Gasteiger partial charge in [0.25, 0.3) is 12.6 Å². The molecule has 8 nitrogen and oxygen atoms in total. The van der Waals surface area contributed by atoms with E-state index in [1.807, 2.05) is 31.2 Å². The number of fused-ring (bicyclic) bond motifs is 1. The van der Waals surface area contributed by atoms with Crippen LogP contribution in [0.4, 0.5) is 15.8 Å². The van der Waals surface area contributed by atoms with E-state index in [1.54, 1.807) is 16.0 Å². The molecule has 2 aromatic heterocycles. The number of nitrogens with zero attached hydrogens (tertiary/aromatic N) is 5. The lowest BCUT2D eigenvalue weighted by atomic mass is 9.45. The normalized spacial score (nSPS) is 13.7. The molecule has 0 radical (unpaired) electrons. The van der Waals surface area contributed by atoms with Gasteiger partial charge in [0.15, 0.2) is 5.13 Å². The number of benzene rings is 2. The molecule has 0 unspecified atom stereocenters. The summed E-state index contributed by atoms with van der Waals surface area (Å²) in [6.07, 6.45) is 1.44. The number of nitriles is 1. The number of carbonyl (C=O) groups excluding carboxylic acids is 1. The molecule has 3 heterocycles. The van der Waals surface area contributed by atoms with Gasteiger partial charge in [-0.3, -0.25) is 9.36 Å². The fraction of sp³-hybridized carbons (Fsp3) is 0.250. The maximum atomic E-state index is 14.1. The van der Waals surface area contributed by atoms with E-state index in [0.717, 1.165) is 18.2 Å². The van der Waals surface area contributed by atoms with Crippen LogP contribution in [-0.2, 0) is 6.54 Å². The number of carbonyl (C=O) groups is 1. The lowest BCUT2D eigenvalue weighted by molar-refractivity contribution is 0.102. The number of anilines is 2. The molecule has 1 fully saturated rings. The Hall–Kier alpha value is -3.91. The summed E-state index contributed by atoms with van der Waals surface area (Å²) >= 11 is 1.20. The van der Waals surface area contributed by atoms with Crippen LogP contribution in [0.5, 0.6) is 0 Å². The van der Waals surface area contributed by atoms with Gasteiger partial charge in [-0.05, 0) is 49.9 Å². The van der Waals surface area contributed by atoms with Crippen LogP contribution in [0.3, 0.4) is 0 Å². The average Bonchev–Trinajstić information content (AvgIpc) is 3.46. The van der Waals surface area contributed by atoms with E-state index in [0.29, 0.717) is 41.7 Å². The van der Waals surface area contributed by atoms with E-state index >= 15 is 0 Å². The van der Waals surface area contributed by atoms with Crippen molar-refractivity contribution in [2.24, 2.45) is 0 Å². The Morgan fingerprint density at radius 2 is 1.97 bits per heavy atom. The molecule has 35 heavy (non-hydrogen) atoms. The first kappa shape index (κ1) is 22.9. The Balaban J connectivity index is 1.43. The third-order valence-electron chi connectivity index (χ3n) is 6.29. The van der Waals surface area contributed by atoms with Gasteiger partial charge in [-0.15, -0.1) is 11.3 Å². The first-order valence-corrected chi connectivity index (χ1v) is 12.3. The number of aryl methyl sites for hydroxylation is 1. The highest BCUT2D eigenvalue weighted by atomic mass is 32.1. The van der Waals surface area contributed by atoms with Crippen molar-refractivity contribution in [3.63, 3.8) is 0 Å². The first-order chi connectivity index (χ1) is 17.0. The zero-order chi connectivity index (χ0) is 24.5. The van der Waals surface area contributed by atoms with E-state index < -0.39 is 11.7 Å². The summed E-state index contributed by atoms with van der Waals surface area (Å²) in [5.74, 6) is 1.35. The maximum absolute atomic E-state index is 14.1. The zero-order valence-corrected chi connectivity index (χ0v) is 19.9. The molecule has 0 bridgehead atoms. The monoisotopic (exact) mass is 488 g/mol. The van der Waals surface area contributed by atoms with Gasteiger partial charge in [-0.2, -0.15) is 0 Å². The van der Waals surface area contributed by atoms with Crippen LogP contribution >= 0.6 is 11.3 Å². The lowest BCUT2D eigenvalue weighted by Gasteiger charge is -2.31. The predicted octanol–water partition coefficient (Wildman–Crippen LogP) is 4.04. The third kappa shape index (κ3) is 4.21. The minimum atomic E-state index is -0.487. The minimum absolute atomic E-state index is 0.0141. The fourth-order valence-corrected chi connectivity index (χ4v) is 5.30. The molecular weight excluding hydrogens is 466 g/mol. The minimum Gasteiger partial charge on any atom is -0.371 e. The third-order valence-corrected chi connectivity index (χ3v) is 7.12. The van der Waals surface area contributed by atoms with Crippen molar-refractivity contribution in [2.45, 2.75) is 26.1 Å². The van der Waals surface area contributed by atoms with Crippen molar-refractivity contribution in [1.29, 1.82) is 5.26 Å². The van der Waals surface area contributed by atoms with Crippen LogP contribution in [0.2, 0.25) is 12.6 Å². The molecule has 1 aliphatic rings. The van der Waals surface area contributed by atoms with Crippen LogP contribution in [0.1, 0.15) is 17.4 Å². The highest BCUT2D eigenvalue weighted by molar-refractivity contribution is 7.12. The summed E-state index contributed by atoms with van der Waals surface area (Å²) in [5.41, 5.74) is 2.49. The van der Waals surface area contributed by atoms with E-state index in [-0.39, 0.29) is 18.1 Å². The molecule has 11 heteroatoms. The van der Waals surface area contributed by atoms with Gasteiger partial charge in [0.1, 0.15) is 11.5 Å². The van der Waals surface area contributed by atoms with Crippen molar-refractivity contribution in [3.05, 3.63) is 69.8 Å². The number of halogens is 1. The summed E-state index contributed by atoms with van der Waals surface area (Å²) in [6, 6.07) is 11.7. The first-order valence-electron chi connectivity index (χ1n) is 11.4. The van der Waals surface area contributed by atoms with Crippen LogP contribution < -0.4 is 15.9 Å². The van der Waals surface area contributed by atoms with Crippen molar-refractivity contribution in [2.75, 3.05) is 23.3 Å². The Labute approximate surface area is 205 Å². The standard InChI is InChI=1S/C24H22BFN6O2S/c1-2-31-20-5-3-4-6-21(20)32(24(31)34)23-29-18(14-35-23)22(33)28-17-13-16(26)7-8-19(17)30-11-9-25(15-27)10-12-30/h3-8,13-14H,2,9-12H2,1H3,(H,28,33). The van der Waals surface area contributed by atoms with Crippen molar-refractivity contribution in [3.8, 4) is 11.1 Å². The molecule has 1 saturated heterocycles.